The van der Waals surface area contributed by atoms with Gasteiger partial charge in [-0.25, -0.2) is 0 Å². The molecule has 27 heavy (non-hydrogen) atoms. The zero-order chi connectivity index (χ0) is 19.4. The molecule has 6 heteroatoms. The van der Waals surface area contributed by atoms with Crippen molar-refractivity contribution in [3.05, 3.63) is 35.9 Å². The summed E-state index contributed by atoms with van der Waals surface area (Å²) in [6.07, 6.45) is 7.06. The van der Waals surface area contributed by atoms with E-state index in [1.807, 2.05) is 30.3 Å². The molecule has 0 heterocycles. The van der Waals surface area contributed by atoms with Crippen LogP contribution in [0.25, 0.3) is 0 Å². The molecule has 0 spiro atoms. The summed E-state index contributed by atoms with van der Waals surface area (Å²) in [4.78, 5) is 16.3. The maximum Gasteiger partial charge on any atom is 0.251 e. The summed E-state index contributed by atoms with van der Waals surface area (Å²) in [7, 11) is 3.57. The van der Waals surface area contributed by atoms with Gasteiger partial charge < -0.3 is 20.7 Å². The molecule has 0 saturated heterocycles. The molecule has 1 aliphatic rings. The summed E-state index contributed by atoms with van der Waals surface area (Å²) in [5.74, 6) is 0.799. The highest BCUT2D eigenvalue weighted by atomic mass is 16.5. The lowest BCUT2D eigenvalue weighted by Crippen LogP contribution is -2.44. The smallest absolute Gasteiger partial charge is 0.251 e. The number of nitrogens with zero attached hydrogens (tertiary/aromatic N) is 1. The number of rotatable bonds is 10. The first-order valence-electron chi connectivity index (χ1n) is 9.96. The molecule has 1 amide bonds. The molecule has 150 valence electrons. The van der Waals surface area contributed by atoms with Crippen molar-refractivity contribution >= 4 is 11.9 Å². The van der Waals surface area contributed by atoms with Crippen molar-refractivity contribution in [1.29, 1.82) is 0 Å². The molecule has 3 N–H and O–H groups in total. The van der Waals surface area contributed by atoms with Gasteiger partial charge in [0, 0.05) is 46.0 Å². The van der Waals surface area contributed by atoms with Crippen molar-refractivity contribution in [3.63, 3.8) is 0 Å². The number of benzene rings is 1. The van der Waals surface area contributed by atoms with Crippen LogP contribution in [0, 0.1) is 5.41 Å². The number of guanidine groups is 1. The monoisotopic (exact) mass is 374 g/mol. The Bertz CT molecular complexity index is 583. The molecule has 6 nitrogen and oxygen atoms in total. The Hall–Kier alpha value is -2.08. The highest BCUT2D eigenvalue weighted by molar-refractivity contribution is 5.94. The normalized spacial score (nSPS) is 16.1. The summed E-state index contributed by atoms with van der Waals surface area (Å²) in [5.41, 5.74) is 1.03. The van der Waals surface area contributed by atoms with Crippen molar-refractivity contribution in [2.24, 2.45) is 10.4 Å². The number of carbonyl (C=O) groups is 1. The van der Waals surface area contributed by atoms with E-state index >= 15 is 0 Å². The SMILES string of the molecule is CN=C(NCCCNC(=O)c1ccccc1)NCC1(CCOC)CCCC1. The predicted molar refractivity (Wildman–Crippen MR) is 110 cm³/mol. The summed E-state index contributed by atoms with van der Waals surface area (Å²) in [5, 5.41) is 9.76. The van der Waals surface area contributed by atoms with E-state index in [1.165, 1.54) is 25.7 Å². The summed E-state index contributed by atoms with van der Waals surface area (Å²) in [6.45, 7) is 3.14. The third-order valence-corrected chi connectivity index (χ3v) is 5.32. The van der Waals surface area contributed by atoms with Crippen molar-refractivity contribution < 1.29 is 9.53 Å². The van der Waals surface area contributed by atoms with Crippen LogP contribution in [0.3, 0.4) is 0 Å². The van der Waals surface area contributed by atoms with Crippen LogP contribution >= 0.6 is 0 Å². The Morgan fingerprint density at radius 2 is 1.81 bits per heavy atom. The molecule has 0 aromatic heterocycles. The van der Waals surface area contributed by atoms with Crippen molar-refractivity contribution in [2.75, 3.05) is 40.4 Å². The average molecular weight is 375 g/mol. The lowest BCUT2D eigenvalue weighted by molar-refractivity contribution is 0.0953. The average Bonchev–Trinajstić information content (AvgIpc) is 3.18. The van der Waals surface area contributed by atoms with Crippen LogP contribution in [-0.4, -0.2) is 52.3 Å². The molecule has 0 bridgehead atoms. The number of hydrogen-bond donors (Lipinski definition) is 3. The summed E-state index contributed by atoms with van der Waals surface area (Å²) in [6, 6.07) is 9.29. The summed E-state index contributed by atoms with van der Waals surface area (Å²) < 4.78 is 5.30. The van der Waals surface area contributed by atoms with E-state index in [-0.39, 0.29) is 5.91 Å². The Morgan fingerprint density at radius 3 is 2.48 bits per heavy atom. The number of nitrogens with one attached hydrogen (secondary N) is 3. The van der Waals surface area contributed by atoms with Gasteiger partial charge in [-0.05, 0) is 43.2 Å². The first-order chi connectivity index (χ1) is 13.2. The van der Waals surface area contributed by atoms with Crippen LogP contribution in [0.4, 0.5) is 0 Å². The zero-order valence-electron chi connectivity index (χ0n) is 16.7. The first-order valence-corrected chi connectivity index (χ1v) is 9.96. The largest absolute Gasteiger partial charge is 0.385 e. The number of aliphatic imine (C=N–C) groups is 1. The predicted octanol–water partition coefficient (Wildman–Crippen LogP) is 2.57. The van der Waals surface area contributed by atoms with Gasteiger partial charge in [0.05, 0.1) is 0 Å². The Balaban J connectivity index is 1.64. The molecule has 0 unspecified atom stereocenters. The highest BCUT2D eigenvalue weighted by Crippen LogP contribution is 2.40. The second-order valence-electron chi connectivity index (χ2n) is 7.28. The van der Waals surface area contributed by atoms with Gasteiger partial charge in [-0.3, -0.25) is 9.79 Å². The minimum atomic E-state index is -0.0283. The molecule has 1 fully saturated rings. The Kier molecular flexibility index (Phi) is 9.11. The van der Waals surface area contributed by atoms with E-state index < -0.39 is 0 Å². The molecular formula is C21H34N4O2. The molecule has 1 aromatic carbocycles. The standard InChI is InChI=1S/C21H34N4O2/c1-22-20(25-17-21(13-16-27-2)11-6-7-12-21)24-15-8-14-23-19(26)18-9-4-3-5-10-18/h3-5,9-10H,6-8,11-17H2,1-2H3,(H,23,26)(H2,22,24,25). The van der Waals surface area contributed by atoms with Gasteiger partial charge in [-0.2, -0.15) is 0 Å². The van der Waals surface area contributed by atoms with E-state index in [0.717, 1.165) is 38.5 Å². The molecule has 0 atom stereocenters. The van der Waals surface area contributed by atoms with Gasteiger partial charge in [0.25, 0.3) is 5.91 Å². The lowest BCUT2D eigenvalue weighted by Gasteiger charge is -2.30. The second kappa shape index (κ2) is 11.6. The maximum atomic E-state index is 12.0. The third kappa shape index (κ3) is 7.21. The molecule has 1 saturated carbocycles. The minimum absolute atomic E-state index is 0.0283. The van der Waals surface area contributed by atoms with Gasteiger partial charge in [0.2, 0.25) is 0 Å². The number of ether oxygens (including phenoxy) is 1. The zero-order valence-corrected chi connectivity index (χ0v) is 16.7. The number of methoxy groups -OCH3 is 1. The minimum Gasteiger partial charge on any atom is -0.385 e. The molecule has 1 aromatic rings. The maximum absolute atomic E-state index is 12.0. The van der Waals surface area contributed by atoms with Crippen LogP contribution < -0.4 is 16.0 Å². The lowest BCUT2D eigenvalue weighted by atomic mass is 9.83. The quantitative estimate of drug-likeness (QED) is 0.334. The highest BCUT2D eigenvalue weighted by Gasteiger charge is 2.33. The van der Waals surface area contributed by atoms with Crippen molar-refractivity contribution in [3.8, 4) is 0 Å². The Labute approximate surface area is 163 Å². The van der Waals surface area contributed by atoms with E-state index in [0.29, 0.717) is 17.5 Å². The second-order valence-corrected chi connectivity index (χ2v) is 7.28. The molecule has 0 aliphatic heterocycles. The van der Waals surface area contributed by atoms with Gasteiger partial charge in [-0.15, -0.1) is 0 Å². The molecule has 2 rings (SSSR count). The van der Waals surface area contributed by atoms with E-state index in [9.17, 15) is 4.79 Å². The fourth-order valence-corrected chi connectivity index (χ4v) is 3.64. The van der Waals surface area contributed by atoms with Crippen molar-refractivity contribution in [1.82, 2.24) is 16.0 Å². The van der Waals surface area contributed by atoms with Crippen LogP contribution in [0.15, 0.2) is 35.3 Å². The van der Waals surface area contributed by atoms with Gasteiger partial charge in [0.15, 0.2) is 5.96 Å². The van der Waals surface area contributed by atoms with E-state index in [4.69, 9.17) is 4.74 Å². The fraction of sp³-hybridized carbons (Fsp3) is 0.619. The van der Waals surface area contributed by atoms with Crippen LogP contribution in [-0.2, 0) is 4.74 Å². The first kappa shape index (κ1) is 21.2. The Morgan fingerprint density at radius 1 is 1.11 bits per heavy atom. The van der Waals surface area contributed by atoms with E-state index in [2.05, 4.69) is 20.9 Å². The van der Waals surface area contributed by atoms with Crippen LogP contribution in [0.1, 0.15) is 48.9 Å². The number of hydrogen-bond acceptors (Lipinski definition) is 3. The van der Waals surface area contributed by atoms with Crippen molar-refractivity contribution in [2.45, 2.75) is 38.5 Å². The molecule has 0 radical (unpaired) electrons. The summed E-state index contributed by atoms with van der Waals surface area (Å²) >= 11 is 0. The van der Waals surface area contributed by atoms with Gasteiger partial charge in [-0.1, -0.05) is 31.0 Å². The van der Waals surface area contributed by atoms with Crippen LogP contribution in [0.2, 0.25) is 0 Å². The van der Waals surface area contributed by atoms with Crippen LogP contribution in [0.5, 0.6) is 0 Å². The molecular weight excluding hydrogens is 340 g/mol. The van der Waals surface area contributed by atoms with Gasteiger partial charge >= 0.3 is 0 Å². The molecule has 1 aliphatic carbocycles. The number of amides is 1. The fourth-order valence-electron chi connectivity index (χ4n) is 3.64. The van der Waals surface area contributed by atoms with E-state index in [1.54, 1.807) is 14.2 Å². The topological polar surface area (TPSA) is 74.8 Å². The number of carbonyl (C=O) groups excluding carboxylic acids is 1. The van der Waals surface area contributed by atoms with Gasteiger partial charge in [0.1, 0.15) is 0 Å². The third-order valence-electron chi connectivity index (χ3n) is 5.32.